The van der Waals surface area contributed by atoms with Gasteiger partial charge in [-0.25, -0.2) is 12.8 Å². The van der Waals surface area contributed by atoms with E-state index in [-0.39, 0.29) is 23.5 Å². The number of para-hydroxylation sites is 1. The number of halogens is 1. The summed E-state index contributed by atoms with van der Waals surface area (Å²) < 4.78 is 47.1. The SMILES string of the molecule is CC1CCN(C(=O)c2cc(S(=O)(=O)N3CCOCC3)ccc2F)c2ccccc2S1. The zero-order valence-electron chi connectivity index (χ0n) is 16.6. The summed E-state index contributed by atoms with van der Waals surface area (Å²) in [5.74, 6) is -1.27. The van der Waals surface area contributed by atoms with Crippen LogP contribution in [-0.4, -0.2) is 56.7 Å². The van der Waals surface area contributed by atoms with Gasteiger partial charge in [0.1, 0.15) is 5.82 Å². The lowest BCUT2D eigenvalue weighted by atomic mass is 10.1. The zero-order chi connectivity index (χ0) is 21.3. The summed E-state index contributed by atoms with van der Waals surface area (Å²) in [7, 11) is -3.83. The van der Waals surface area contributed by atoms with E-state index in [4.69, 9.17) is 4.74 Å². The van der Waals surface area contributed by atoms with Gasteiger partial charge in [0.05, 0.1) is 29.4 Å². The normalized spacial score (nSPS) is 20.5. The molecule has 0 aliphatic carbocycles. The van der Waals surface area contributed by atoms with Gasteiger partial charge in [0.25, 0.3) is 5.91 Å². The average Bonchev–Trinajstić information content (AvgIpc) is 2.92. The fraction of sp³-hybridized carbons (Fsp3) is 0.381. The predicted octanol–water partition coefficient (Wildman–Crippen LogP) is 3.38. The molecule has 1 fully saturated rings. The molecule has 1 amide bonds. The molecule has 1 unspecified atom stereocenters. The van der Waals surface area contributed by atoms with Gasteiger partial charge < -0.3 is 9.64 Å². The van der Waals surface area contributed by atoms with Crippen LogP contribution in [0.1, 0.15) is 23.7 Å². The van der Waals surface area contributed by atoms with Crippen molar-refractivity contribution in [1.82, 2.24) is 4.31 Å². The van der Waals surface area contributed by atoms with Crippen molar-refractivity contribution < 1.29 is 22.3 Å². The molecule has 1 saturated heterocycles. The molecule has 9 heteroatoms. The van der Waals surface area contributed by atoms with Gasteiger partial charge in [0.2, 0.25) is 10.0 Å². The number of sulfonamides is 1. The smallest absolute Gasteiger partial charge is 0.261 e. The van der Waals surface area contributed by atoms with Gasteiger partial charge >= 0.3 is 0 Å². The van der Waals surface area contributed by atoms with Crippen LogP contribution in [0.3, 0.4) is 0 Å². The molecule has 6 nitrogen and oxygen atoms in total. The number of rotatable bonds is 3. The number of hydrogen-bond donors (Lipinski definition) is 0. The highest BCUT2D eigenvalue weighted by atomic mass is 32.2. The van der Waals surface area contributed by atoms with Crippen molar-refractivity contribution >= 4 is 33.4 Å². The van der Waals surface area contributed by atoms with E-state index in [1.165, 1.54) is 10.4 Å². The van der Waals surface area contributed by atoms with Crippen molar-refractivity contribution in [1.29, 1.82) is 0 Å². The van der Waals surface area contributed by atoms with Crippen molar-refractivity contribution in [2.45, 2.75) is 28.4 Å². The van der Waals surface area contributed by atoms with Crippen molar-refractivity contribution in [2.75, 3.05) is 37.7 Å². The molecule has 0 radical (unpaired) electrons. The second-order valence-electron chi connectivity index (χ2n) is 7.30. The Morgan fingerprint density at radius 3 is 2.63 bits per heavy atom. The highest BCUT2D eigenvalue weighted by Crippen LogP contribution is 2.38. The van der Waals surface area contributed by atoms with E-state index in [1.807, 2.05) is 24.3 Å². The first kappa shape index (κ1) is 21.3. The van der Waals surface area contributed by atoms with Crippen molar-refractivity contribution in [2.24, 2.45) is 0 Å². The number of anilines is 1. The van der Waals surface area contributed by atoms with Crippen LogP contribution in [0, 0.1) is 5.82 Å². The molecule has 160 valence electrons. The van der Waals surface area contributed by atoms with Gasteiger partial charge in [-0.1, -0.05) is 19.1 Å². The monoisotopic (exact) mass is 450 g/mol. The van der Waals surface area contributed by atoms with E-state index in [0.29, 0.717) is 25.0 Å². The number of amides is 1. The molecule has 0 saturated carbocycles. The average molecular weight is 451 g/mol. The molecule has 0 N–H and O–H groups in total. The Kier molecular flexibility index (Phi) is 6.15. The maximum atomic E-state index is 14.7. The molecule has 4 rings (SSSR count). The topological polar surface area (TPSA) is 66.9 Å². The molecule has 2 aromatic rings. The Labute approximate surface area is 180 Å². The molecule has 2 aliphatic heterocycles. The number of fused-ring (bicyclic) bond motifs is 1. The van der Waals surface area contributed by atoms with Gasteiger partial charge in [-0.05, 0) is 36.8 Å². The number of ether oxygens (including phenoxy) is 1. The van der Waals surface area contributed by atoms with Gasteiger partial charge in [-0.15, -0.1) is 11.8 Å². The largest absolute Gasteiger partial charge is 0.379 e. The molecule has 0 bridgehead atoms. The number of carbonyl (C=O) groups excluding carboxylic acids is 1. The van der Waals surface area contributed by atoms with Gasteiger partial charge in [0, 0.05) is 29.8 Å². The summed E-state index contributed by atoms with van der Waals surface area (Å²) in [6.07, 6.45) is 0.748. The van der Waals surface area contributed by atoms with Crippen LogP contribution in [0.2, 0.25) is 0 Å². The first-order valence-electron chi connectivity index (χ1n) is 9.83. The van der Waals surface area contributed by atoms with Gasteiger partial charge in [-0.3, -0.25) is 4.79 Å². The summed E-state index contributed by atoms with van der Waals surface area (Å²) in [5.41, 5.74) is 0.483. The van der Waals surface area contributed by atoms with E-state index >= 15 is 0 Å². The van der Waals surface area contributed by atoms with Crippen LogP contribution >= 0.6 is 11.8 Å². The van der Waals surface area contributed by atoms with Gasteiger partial charge in [0.15, 0.2) is 0 Å². The molecule has 0 aromatic heterocycles. The summed E-state index contributed by atoms with van der Waals surface area (Å²) in [5, 5.41) is 0.307. The minimum absolute atomic E-state index is 0.0833. The summed E-state index contributed by atoms with van der Waals surface area (Å²) >= 11 is 1.68. The quantitative estimate of drug-likeness (QED) is 0.717. The minimum Gasteiger partial charge on any atom is -0.379 e. The fourth-order valence-electron chi connectivity index (χ4n) is 3.61. The molecule has 2 heterocycles. The van der Waals surface area contributed by atoms with Crippen LogP contribution in [0.15, 0.2) is 52.3 Å². The summed E-state index contributed by atoms with van der Waals surface area (Å²) in [4.78, 5) is 15.8. The number of thioether (sulfide) groups is 1. The Morgan fingerprint density at radius 2 is 1.87 bits per heavy atom. The molecule has 1 atom stereocenters. The molecule has 30 heavy (non-hydrogen) atoms. The number of morpholine rings is 1. The van der Waals surface area contributed by atoms with Crippen molar-refractivity contribution in [3.8, 4) is 0 Å². The Hall–Kier alpha value is -1.94. The molecule has 2 aliphatic rings. The maximum absolute atomic E-state index is 14.7. The van der Waals surface area contributed by atoms with E-state index in [9.17, 15) is 17.6 Å². The molecular formula is C21H23FN2O4S2. The second-order valence-corrected chi connectivity index (χ2v) is 10.7. The standard InChI is InChI=1S/C21H23FN2O4S2/c1-15-8-9-24(19-4-2-3-5-20(19)29-15)21(25)17-14-16(6-7-18(17)22)30(26,27)23-10-12-28-13-11-23/h2-7,14-15H,8-13H2,1H3. The lowest BCUT2D eigenvalue weighted by molar-refractivity contribution is 0.0730. The van der Waals surface area contributed by atoms with E-state index < -0.39 is 21.7 Å². The number of carbonyl (C=O) groups is 1. The summed E-state index contributed by atoms with van der Waals surface area (Å²) in [6, 6.07) is 11.0. The third-order valence-corrected chi connectivity index (χ3v) is 8.40. The summed E-state index contributed by atoms with van der Waals surface area (Å²) in [6.45, 7) is 3.61. The van der Waals surface area contributed by atoms with Crippen molar-refractivity contribution in [3.63, 3.8) is 0 Å². The fourth-order valence-corrected chi connectivity index (χ4v) is 6.16. The molecule has 2 aromatic carbocycles. The lowest BCUT2D eigenvalue weighted by Gasteiger charge is -2.26. The van der Waals surface area contributed by atoms with Crippen molar-refractivity contribution in [3.05, 3.63) is 53.8 Å². The van der Waals surface area contributed by atoms with E-state index in [0.717, 1.165) is 29.1 Å². The van der Waals surface area contributed by atoms with Crippen LogP contribution in [0.25, 0.3) is 0 Å². The van der Waals surface area contributed by atoms with Crippen LogP contribution in [-0.2, 0) is 14.8 Å². The number of benzene rings is 2. The zero-order valence-corrected chi connectivity index (χ0v) is 18.2. The lowest BCUT2D eigenvalue weighted by Crippen LogP contribution is -2.40. The van der Waals surface area contributed by atoms with E-state index in [1.54, 1.807) is 16.7 Å². The maximum Gasteiger partial charge on any atom is 0.261 e. The first-order valence-corrected chi connectivity index (χ1v) is 12.1. The predicted molar refractivity (Wildman–Crippen MR) is 114 cm³/mol. The second kappa shape index (κ2) is 8.66. The Bertz CT molecular complexity index is 1050. The Morgan fingerprint density at radius 1 is 1.13 bits per heavy atom. The third kappa shape index (κ3) is 4.12. The highest BCUT2D eigenvalue weighted by molar-refractivity contribution is 8.00. The third-order valence-electron chi connectivity index (χ3n) is 5.26. The van der Waals surface area contributed by atoms with E-state index in [2.05, 4.69) is 6.92 Å². The number of hydrogen-bond acceptors (Lipinski definition) is 5. The van der Waals surface area contributed by atoms with Gasteiger partial charge in [-0.2, -0.15) is 4.31 Å². The number of nitrogens with zero attached hydrogens (tertiary/aromatic N) is 2. The highest BCUT2D eigenvalue weighted by Gasteiger charge is 2.30. The minimum atomic E-state index is -3.83. The molecule has 0 spiro atoms. The van der Waals surface area contributed by atoms with Crippen LogP contribution in [0.4, 0.5) is 10.1 Å². The Balaban J connectivity index is 1.71. The first-order chi connectivity index (χ1) is 14.4. The molecular weight excluding hydrogens is 427 g/mol. The van der Waals surface area contributed by atoms with Crippen LogP contribution in [0.5, 0.6) is 0 Å². The van der Waals surface area contributed by atoms with Crippen LogP contribution < -0.4 is 4.90 Å².